The van der Waals surface area contributed by atoms with Crippen LogP contribution in [0, 0.1) is 11.3 Å². The Morgan fingerprint density at radius 1 is 1.38 bits per heavy atom. The molecular weight excluding hydrogens is 202 g/mol. The fraction of sp³-hybridized carbons (Fsp3) is 1.00. The highest BCUT2D eigenvalue weighted by Crippen LogP contribution is 2.32. The van der Waals surface area contributed by atoms with E-state index in [2.05, 4.69) is 11.8 Å². The predicted molar refractivity (Wildman–Crippen MR) is 64.4 cm³/mol. The van der Waals surface area contributed by atoms with Crippen LogP contribution >= 0.6 is 0 Å². The van der Waals surface area contributed by atoms with Crippen molar-refractivity contribution in [2.45, 2.75) is 32.6 Å². The predicted octanol–water partition coefficient (Wildman–Crippen LogP) is 1.51. The molecule has 2 fully saturated rings. The fourth-order valence-corrected chi connectivity index (χ4v) is 3.01. The van der Waals surface area contributed by atoms with Gasteiger partial charge in [-0.15, -0.1) is 0 Å². The van der Waals surface area contributed by atoms with E-state index in [0.29, 0.717) is 17.9 Å². The van der Waals surface area contributed by atoms with Gasteiger partial charge in [0, 0.05) is 32.9 Å². The van der Waals surface area contributed by atoms with Crippen LogP contribution in [0.2, 0.25) is 0 Å². The van der Waals surface area contributed by atoms with Crippen molar-refractivity contribution in [2.75, 3.05) is 39.5 Å². The van der Waals surface area contributed by atoms with Crippen LogP contribution in [0.1, 0.15) is 32.6 Å². The number of rotatable bonds is 3. The van der Waals surface area contributed by atoms with E-state index in [9.17, 15) is 5.11 Å². The van der Waals surface area contributed by atoms with Gasteiger partial charge in [-0.3, -0.25) is 0 Å². The van der Waals surface area contributed by atoms with Crippen LogP contribution in [-0.4, -0.2) is 49.5 Å². The third-order valence-corrected chi connectivity index (χ3v) is 4.17. The van der Waals surface area contributed by atoms with Gasteiger partial charge in [0.15, 0.2) is 0 Å². The molecule has 2 heterocycles. The summed E-state index contributed by atoms with van der Waals surface area (Å²) in [5.74, 6) is 0.511. The lowest BCUT2D eigenvalue weighted by atomic mass is 9.81. The molecule has 0 aliphatic carbocycles. The normalized spacial score (nSPS) is 31.5. The minimum Gasteiger partial charge on any atom is -0.396 e. The molecule has 0 saturated carbocycles. The lowest BCUT2D eigenvalue weighted by molar-refractivity contribution is -0.00475. The van der Waals surface area contributed by atoms with E-state index in [1.54, 1.807) is 0 Å². The smallest absolute Gasteiger partial charge is 0.0471 e. The Bertz CT molecular complexity index is 214. The highest BCUT2D eigenvalue weighted by molar-refractivity contribution is 4.83. The molecule has 1 unspecified atom stereocenters. The second-order valence-corrected chi connectivity index (χ2v) is 5.85. The van der Waals surface area contributed by atoms with E-state index in [1.807, 2.05) is 0 Å². The van der Waals surface area contributed by atoms with E-state index >= 15 is 0 Å². The number of likely N-dealkylation sites (tertiary alicyclic amines) is 1. The first-order valence-electron chi connectivity index (χ1n) is 6.63. The second-order valence-electron chi connectivity index (χ2n) is 5.85. The zero-order valence-electron chi connectivity index (χ0n) is 10.5. The highest BCUT2D eigenvalue weighted by Gasteiger charge is 2.31. The molecule has 3 heteroatoms. The van der Waals surface area contributed by atoms with Crippen LogP contribution < -0.4 is 0 Å². The number of ether oxygens (including phenoxy) is 1. The third kappa shape index (κ3) is 3.19. The van der Waals surface area contributed by atoms with Crippen molar-refractivity contribution < 1.29 is 9.84 Å². The number of hydrogen-bond donors (Lipinski definition) is 1. The average molecular weight is 227 g/mol. The number of nitrogens with zero attached hydrogens (tertiary/aromatic N) is 1. The number of aliphatic hydroxyl groups is 1. The summed E-state index contributed by atoms with van der Waals surface area (Å²) in [7, 11) is 0. The molecule has 2 aliphatic rings. The van der Waals surface area contributed by atoms with Gasteiger partial charge in [0.1, 0.15) is 0 Å². The molecule has 0 spiro atoms. The Kier molecular flexibility index (Phi) is 4.22. The van der Waals surface area contributed by atoms with Gasteiger partial charge >= 0.3 is 0 Å². The van der Waals surface area contributed by atoms with Gasteiger partial charge in [0.05, 0.1) is 0 Å². The lowest BCUT2D eigenvalue weighted by Gasteiger charge is -2.41. The second kappa shape index (κ2) is 5.48. The molecule has 2 aliphatic heterocycles. The van der Waals surface area contributed by atoms with E-state index in [0.717, 1.165) is 19.8 Å². The van der Waals surface area contributed by atoms with Crippen molar-refractivity contribution >= 4 is 0 Å². The number of piperidine rings is 1. The summed E-state index contributed by atoms with van der Waals surface area (Å²) in [6, 6.07) is 0. The Morgan fingerprint density at radius 3 is 2.81 bits per heavy atom. The number of aliphatic hydroxyl groups excluding tert-OH is 1. The van der Waals surface area contributed by atoms with Gasteiger partial charge in [-0.05, 0) is 43.6 Å². The molecule has 16 heavy (non-hydrogen) atoms. The van der Waals surface area contributed by atoms with Crippen molar-refractivity contribution in [1.29, 1.82) is 0 Å². The molecule has 0 amide bonds. The largest absolute Gasteiger partial charge is 0.396 e. The summed E-state index contributed by atoms with van der Waals surface area (Å²) < 4.78 is 5.44. The van der Waals surface area contributed by atoms with Crippen LogP contribution in [0.5, 0.6) is 0 Å². The van der Waals surface area contributed by atoms with Gasteiger partial charge in [-0.2, -0.15) is 0 Å². The van der Waals surface area contributed by atoms with Gasteiger partial charge < -0.3 is 14.7 Å². The van der Waals surface area contributed by atoms with Crippen LogP contribution in [-0.2, 0) is 4.74 Å². The Morgan fingerprint density at radius 2 is 2.12 bits per heavy atom. The van der Waals surface area contributed by atoms with Crippen molar-refractivity contribution in [3.63, 3.8) is 0 Å². The van der Waals surface area contributed by atoms with Crippen LogP contribution in [0.3, 0.4) is 0 Å². The molecule has 94 valence electrons. The molecule has 1 N–H and O–H groups in total. The number of hydrogen-bond acceptors (Lipinski definition) is 3. The summed E-state index contributed by atoms with van der Waals surface area (Å²) in [5.41, 5.74) is 0.440. The monoisotopic (exact) mass is 227 g/mol. The van der Waals surface area contributed by atoms with Gasteiger partial charge in [0.2, 0.25) is 0 Å². The molecule has 1 atom stereocenters. The summed E-state index contributed by atoms with van der Waals surface area (Å²) in [6.45, 7) is 8.09. The maximum absolute atomic E-state index is 9.23. The topological polar surface area (TPSA) is 32.7 Å². The first-order valence-corrected chi connectivity index (χ1v) is 6.63. The minimum atomic E-state index is 0.357. The standard InChI is InChI=1S/C13H25NO2/c1-13(4-7-16-8-5-13)11-14-6-2-3-12(9-14)10-15/h12,15H,2-11H2,1H3. The SMILES string of the molecule is CC1(CN2CCCC(CO)C2)CCOCC1. The maximum Gasteiger partial charge on any atom is 0.0471 e. The summed E-state index contributed by atoms with van der Waals surface area (Å²) in [6.07, 6.45) is 4.82. The average Bonchev–Trinajstić information content (AvgIpc) is 2.29. The summed E-state index contributed by atoms with van der Waals surface area (Å²) in [4.78, 5) is 2.55. The first-order chi connectivity index (χ1) is 7.72. The fourth-order valence-electron chi connectivity index (χ4n) is 3.01. The molecule has 0 radical (unpaired) electrons. The molecule has 0 aromatic carbocycles. The Labute approximate surface area is 98.8 Å². The molecular formula is C13H25NO2. The minimum absolute atomic E-state index is 0.357. The van der Waals surface area contributed by atoms with E-state index < -0.39 is 0 Å². The van der Waals surface area contributed by atoms with Crippen LogP contribution in [0.25, 0.3) is 0 Å². The van der Waals surface area contributed by atoms with Crippen LogP contribution in [0.15, 0.2) is 0 Å². The molecule has 0 bridgehead atoms. The highest BCUT2D eigenvalue weighted by atomic mass is 16.5. The zero-order valence-corrected chi connectivity index (χ0v) is 10.5. The van der Waals surface area contributed by atoms with Gasteiger partial charge in [0.25, 0.3) is 0 Å². The van der Waals surface area contributed by atoms with Crippen molar-refractivity contribution in [3.8, 4) is 0 Å². The Hall–Kier alpha value is -0.120. The van der Waals surface area contributed by atoms with Crippen LogP contribution in [0.4, 0.5) is 0 Å². The molecule has 3 nitrogen and oxygen atoms in total. The summed E-state index contributed by atoms with van der Waals surface area (Å²) >= 11 is 0. The van der Waals surface area contributed by atoms with Crippen molar-refractivity contribution in [3.05, 3.63) is 0 Å². The van der Waals surface area contributed by atoms with E-state index in [4.69, 9.17) is 4.74 Å². The quantitative estimate of drug-likeness (QED) is 0.793. The molecule has 0 aromatic heterocycles. The third-order valence-electron chi connectivity index (χ3n) is 4.17. The van der Waals surface area contributed by atoms with E-state index in [1.165, 1.54) is 38.8 Å². The van der Waals surface area contributed by atoms with Gasteiger partial charge in [-0.1, -0.05) is 6.92 Å². The molecule has 2 saturated heterocycles. The first kappa shape index (κ1) is 12.3. The molecule has 2 rings (SSSR count). The summed E-state index contributed by atoms with van der Waals surface area (Å²) in [5, 5.41) is 9.23. The lowest BCUT2D eigenvalue weighted by Crippen LogP contribution is -2.44. The molecule has 0 aromatic rings. The van der Waals surface area contributed by atoms with Crippen molar-refractivity contribution in [1.82, 2.24) is 4.90 Å². The Balaban J connectivity index is 1.83. The van der Waals surface area contributed by atoms with Crippen molar-refractivity contribution in [2.24, 2.45) is 11.3 Å². The van der Waals surface area contributed by atoms with Gasteiger partial charge in [-0.25, -0.2) is 0 Å². The maximum atomic E-state index is 9.23. The zero-order chi connectivity index (χ0) is 11.4. The van der Waals surface area contributed by atoms with E-state index in [-0.39, 0.29) is 0 Å².